The van der Waals surface area contributed by atoms with E-state index in [4.69, 9.17) is 16.9 Å². The Hall–Kier alpha value is -0.610. The first-order valence-corrected chi connectivity index (χ1v) is 7.52. The lowest BCUT2D eigenvalue weighted by molar-refractivity contribution is 0.479. The van der Waals surface area contributed by atoms with Crippen molar-refractivity contribution in [1.82, 2.24) is 4.72 Å². The van der Waals surface area contributed by atoms with Crippen LogP contribution >= 0.6 is 22.9 Å². The molecule has 1 aromatic heterocycles. The molecule has 0 bridgehead atoms. The van der Waals surface area contributed by atoms with E-state index in [1.165, 1.54) is 6.07 Å². The number of hydrogen-bond acceptors (Lipinski definition) is 4. The maximum atomic E-state index is 11.9. The monoisotopic (exact) mass is 292 g/mol. The van der Waals surface area contributed by atoms with Crippen molar-refractivity contribution in [3.8, 4) is 6.07 Å². The van der Waals surface area contributed by atoms with Crippen LogP contribution < -0.4 is 4.72 Å². The maximum Gasteiger partial charge on any atom is 0.250 e. The SMILES string of the molecule is Cc1cc(S(=O)(=O)NCC(C)(C)C#N)sc1Cl. The van der Waals surface area contributed by atoms with E-state index in [-0.39, 0.29) is 10.8 Å². The molecule has 0 fully saturated rings. The number of nitrogens with zero attached hydrogens (tertiary/aromatic N) is 1. The van der Waals surface area contributed by atoms with Crippen molar-refractivity contribution in [2.75, 3.05) is 6.54 Å². The van der Waals surface area contributed by atoms with Gasteiger partial charge < -0.3 is 0 Å². The van der Waals surface area contributed by atoms with Gasteiger partial charge in [-0.05, 0) is 32.4 Å². The van der Waals surface area contributed by atoms with Crippen molar-refractivity contribution in [3.05, 3.63) is 16.0 Å². The molecule has 0 aliphatic carbocycles. The number of rotatable bonds is 4. The van der Waals surface area contributed by atoms with Crippen LogP contribution in [0.25, 0.3) is 0 Å². The molecule has 1 aromatic rings. The Labute approximate surface area is 110 Å². The number of sulfonamides is 1. The second-order valence-electron chi connectivity index (χ2n) is 4.34. The summed E-state index contributed by atoms with van der Waals surface area (Å²) in [5, 5.41) is 8.81. The van der Waals surface area contributed by atoms with E-state index in [1.54, 1.807) is 20.8 Å². The molecule has 1 N–H and O–H groups in total. The third-order valence-electron chi connectivity index (χ3n) is 2.11. The summed E-state index contributed by atoms with van der Waals surface area (Å²) in [6.45, 7) is 5.15. The highest BCUT2D eigenvalue weighted by molar-refractivity contribution is 7.91. The highest BCUT2D eigenvalue weighted by atomic mass is 35.5. The third-order valence-corrected chi connectivity index (χ3v) is 5.54. The molecule has 0 amide bonds. The first-order chi connectivity index (χ1) is 7.68. The molecule has 0 atom stereocenters. The number of aryl methyl sites for hydroxylation is 1. The van der Waals surface area contributed by atoms with Crippen LogP contribution in [0.3, 0.4) is 0 Å². The molecule has 7 heteroatoms. The van der Waals surface area contributed by atoms with Crippen molar-refractivity contribution in [2.45, 2.75) is 25.0 Å². The Bertz CT molecular complexity index is 536. The number of hydrogen-bond donors (Lipinski definition) is 1. The smallest absolute Gasteiger partial charge is 0.209 e. The minimum absolute atomic E-state index is 0.0698. The van der Waals surface area contributed by atoms with E-state index in [2.05, 4.69) is 4.72 Å². The quantitative estimate of drug-likeness (QED) is 0.927. The fourth-order valence-corrected chi connectivity index (χ4v) is 3.91. The van der Waals surface area contributed by atoms with Crippen LogP contribution in [0, 0.1) is 23.7 Å². The summed E-state index contributed by atoms with van der Waals surface area (Å²) in [6, 6.07) is 3.55. The Kier molecular flexibility index (Phi) is 4.20. The molecular weight excluding hydrogens is 280 g/mol. The summed E-state index contributed by atoms with van der Waals surface area (Å²) in [5.74, 6) is 0. The van der Waals surface area contributed by atoms with E-state index in [9.17, 15) is 8.42 Å². The molecule has 0 radical (unpaired) electrons. The second-order valence-corrected chi connectivity index (χ2v) is 7.99. The zero-order valence-corrected chi connectivity index (χ0v) is 12.1. The molecule has 0 aliphatic rings. The van der Waals surface area contributed by atoms with Crippen molar-refractivity contribution < 1.29 is 8.42 Å². The second kappa shape index (κ2) is 4.94. The predicted octanol–water partition coefficient (Wildman–Crippen LogP) is 2.54. The molecule has 0 spiro atoms. The van der Waals surface area contributed by atoms with Crippen LogP contribution in [0.1, 0.15) is 19.4 Å². The van der Waals surface area contributed by atoms with Crippen molar-refractivity contribution in [3.63, 3.8) is 0 Å². The zero-order valence-electron chi connectivity index (χ0n) is 9.74. The van der Waals surface area contributed by atoms with Crippen molar-refractivity contribution >= 4 is 33.0 Å². The fraction of sp³-hybridized carbons (Fsp3) is 0.500. The predicted molar refractivity (Wildman–Crippen MR) is 68.6 cm³/mol. The number of nitrogens with one attached hydrogen (secondary N) is 1. The van der Waals surface area contributed by atoms with Crippen LogP contribution in [0.2, 0.25) is 4.34 Å². The van der Waals surface area contributed by atoms with Crippen molar-refractivity contribution in [1.29, 1.82) is 5.26 Å². The minimum Gasteiger partial charge on any atom is -0.209 e. The molecule has 0 aliphatic heterocycles. The molecule has 94 valence electrons. The lowest BCUT2D eigenvalue weighted by Gasteiger charge is -2.15. The molecule has 0 unspecified atom stereocenters. The molecule has 0 saturated heterocycles. The fourth-order valence-electron chi connectivity index (χ4n) is 0.950. The Morgan fingerprint density at radius 2 is 2.18 bits per heavy atom. The van der Waals surface area contributed by atoms with Crippen LogP contribution in [-0.2, 0) is 10.0 Å². The lowest BCUT2D eigenvalue weighted by atomic mass is 9.97. The zero-order chi connectivity index (χ0) is 13.3. The minimum atomic E-state index is -3.57. The molecule has 17 heavy (non-hydrogen) atoms. The highest BCUT2D eigenvalue weighted by Gasteiger charge is 2.23. The van der Waals surface area contributed by atoms with E-state index in [1.807, 2.05) is 6.07 Å². The number of nitriles is 1. The van der Waals surface area contributed by atoms with E-state index in [0.29, 0.717) is 4.34 Å². The van der Waals surface area contributed by atoms with Crippen LogP contribution in [0.5, 0.6) is 0 Å². The van der Waals surface area contributed by atoms with Gasteiger partial charge >= 0.3 is 0 Å². The topological polar surface area (TPSA) is 70.0 Å². The molecule has 1 heterocycles. The van der Waals surface area contributed by atoms with Gasteiger partial charge in [0.1, 0.15) is 4.21 Å². The van der Waals surface area contributed by atoms with E-state index in [0.717, 1.165) is 16.9 Å². The standard InChI is InChI=1S/C10H13ClN2O2S2/c1-7-4-8(16-9(7)11)17(14,15)13-6-10(2,3)5-12/h4,13H,6H2,1-3H3. The first-order valence-electron chi connectivity index (χ1n) is 4.85. The van der Waals surface area contributed by atoms with Gasteiger partial charge in [0.25, 0.3) is 0 Å². The van der Waals surface area contributed by atoms with Gasteiger partial charge in [0.15, 0.2) is 0 Å². The molecule has 0 saturated carbocycles. The van der Waals surface area contributed by atoms with Crippen LogP contribution in [0.4, 0.5) is 0 Å². The lowest BCUT2D eigenvalue weighted by Crippen LogP contribution is -2.32. The molecule has 0 aromatic carbocycles. The van der Waals surface area contributed by atoms with Gasteiger partial charge in [0.2, 0.25) is 10.0 Å². The summed E-state index contributed by atoms with van der Waals surface area (Å²) in [7, 11) is -3.57. The summed E-state index contributed by atoms with van der Waals surface area (Å²) in [4.78, 5) is 0. The summed E-state index contributed by atoms with van der Waals surface area (Å²) >= 11 is 6.84. The molecular formula is C10H13ClN2O2S2. The highest BCUT2D eigenvalue weighted by Crippen LogP contribution is 2.30. The van der Waals surface area contributed by atoms with Gasteiger partial charge in [0, 0.05) is 6.54 Å². The van der Waals surface area contributed by atoms with Gasteiger partial charge in [-0.3, -0.25) is 0 Å². The normalized spacial score (nSPS) is 12.4. The van der Waals surface area contributed by atoms with Crippen LogP contribution in [-0.4, -0.2) is 15.0 Å². The Morgan fingerprint density at radius 1 is 1.59 bits per heavy atom. The Morgan fingerprint density at radius 3 is 2.59 bits per heavy atom. The van der Waals surface area contributed by atoms with Gasteiger partial charge in [0.05, 0.1) is 15.8 Å². The third kappa shape index (κ3) is 3.68. The molecule has 1 rings (SSSR count). The largest absolute Gasteiger partial charge is 0.250 e. The van der Waals surface area contributed by atoms with Gasteiger partial charge in [-0.2, -0.15) is 5.26 Å². The van der Waals surface area contributed by atoms with Gasteiger partial charge in [-0.25, -0.2) is 13.1 Å². The Balaban J connectivity index is 2.88. The average molecular weight is 293 g/mol. The summed E-state index contributed by atoms with van der Waals surface area (Å²) < 4.78 is 26.8. The van der Waals surface area contributed by atoms with Gasteiger partial charge in [-0.1, -0.05) is 11.6 Å². The number of thiophene rings is 1. The van der Waals surface area contributed by atoms with Crippen LogP contribution in [0.15, 0.2) is 10.3 Å². The number of halogens is 1. The van der Waals surface area contributed by atoms with Gasteiger partial charge in [-0.15, -0.1) is 11.3 Å². The summed E-state index contributed by atoms with van der Waals surface area (Å²) in [5.41, 5.74) is -0.0000183. The average Bonchev–Trinajstić information content (AvgIpc) is 2.58. The summed E-state index contributed by atoms with van der Waals surface area (Å²) in [6.07, 6.45) is 0. The van der Waals surface area contributed by atoms with Crippen molar-refractivity contribution in [2.24, 2.45) is 5.41 Å². The maximum absolute atomic E-state index is 11.9. The van der Waals surface area contributed by atoms with E-state index >= 15 is 0 Å². The molecule has 4 nitrogen and oxygen atoms in total. The van der Waals surface area contributed by atoms with E-state index < -0.39 is 15.4 Å². The first kappa shape index (κ1) is 14.5.